The molecule has 0 saturated carbocycles. The molecule has 1 aromatic carbocycles. The van der Waals surface area contributed by atoms with Gasteiger partial charge in [0.15, 0.2) is 0 Å². The van der Waals surface area contributed by atoms with Gasteiger partial charge in [-0.05, 0) is 70.5 Å². The van der Waals surface area contributed by atoms with Gasteiger partial charge in [0, 0.05) is 6.08 Å². The number of hydrogen-bond donors (Lipinski definition) is 1. The van der Waals surface area contributed by atoms with Gasteiger partial charge >= 0.3 is 11.9 Å². The number of carbonyl (C=O) groups is 2. The van der Waals surface area contributed by atoms with Crippen LogP contribution in [-0.4, -0.2) is 30.6 Å². The summed E-state index contributed by atoms with van der Waals surface area (Å²) >= 11 is 0. The van der Waals surface area contributed by atoms with Crippen molar-refractivity contribution in [3.05, 3.63) is 35.9 Å². The third-order valence-electron chi connectivity index (χ3n) is 3.59. The van der Waals surface area contributed by atoms with Crippen LogP contribution in [0.5, 0.6) is 5.75 Å². The zero-order valence-electron chi connectivity index (χ0n) is 14.5. The van der Waals surface area contributed by atoms with E-state index < -0.39 is 5.60 Å². The molecular weight excluding hydrogens is 306 g/mol. The van der Waals surface area contributed by atoms with E-state index in [2.05, 4.69) is 5.32 Å². The molecule has 5 nitrogen and oxygen atoms in total. The highest BCUT2D eigenvalue weighted by molar-refractivity contribution is 5.87. The maximum Gasteiger partial charge on any atom is 0.331 e. The van der Waals surface area contributed by atoms with Crippen molar-refractivity contribution < 1.29 is 19.1 Å². The summed E-state index contributed by atoms with van der Waals surface area (Å²) in [5.74, 6) is -0.0663. The van der Waals surface area contributed by atoms with E-state index in [1.54, 1.807) is 30.3 Å². The monoisotopic (exact) mass is 331 g/mol. The van der Waals surface area contributed by atoms with Gasteiger partial charge in [-0.2, -0.15) is 0 Å². The van der Waals surface area contributed by atoms with Crippen LogP contribution in [0.25, 0.3) is 6.08 Å². The van der Waals surface area contributed by atoms with Crippen LogP contribution in [0.3, 0.4) is 0 Å². The first kappa shape index (κ1) is 18.2. The van der Waals surface area contributed by atoms with Crippen molar-refractivity contribution in [1.82, 2.24) is 5.32 Å². The molecule has 1 saturated heterocycles. The Morgan fingerprint density at radius 2 is 1.75 bits per heavy atom. The largest absolute Gasteiger partial charge is 0.457 e. The van der Waals surface area contributed by atoms with Crippen molar-refractivity contribution in [2.24, 2.45) is 5.92 Å². The molecule has 0 spiro atoms. The fraction of sp³-hybridized carbons (Fsp3) is 0.474. The summed E-state index contributed by atoms with van der Waals surface area (Å²) in [4.78, 5) is 23.7. The Kier molecular flexibility index (Phi) is 6.15. The highest BCUT2D eigenvalue weighted by Gasteiger charge is 2.22. The fourth-order valence-corrected chi connectivity index (χ4v) is 2.40. The van der Waals surface area contributed by atoms with E-state index >= 15 is 0 Å². The predicted molar refractivity (Wildman–Crippen MR) is 92.5 cm³/mol. The van der Waals surface area contributed by atoms with Gasteiger partial charge in [-0.25, -0.2) is 4.79 Å². The topological polar surface area (TPSA) is 64.6 Å². The molecule has 1 N–H and O–H groups in total. The second kappa shape index (κ2) is 8.11. The highest BCUT2D eigenvalue weighted by atomic mass is 16.6. The van der Waals surface area contributed by atoms with Gasteiger partial charge in [0.1, 0.15) is 11.4 Å². The summed E-state index contributed by atoms with van der Waals surface area (Å²) in [6.45, 7) is 7.18. The lowest BCUT2D eigenvalue weighted by atomic mass is 9.98. The van der Waals surface area contributed by atoms with Crippen LogP contribution >= 0.6 is 0 Å². The van der Waals surface area contributed by atoms with E-state index in [0.29, 0.717) is 5.75 Å². The number of nitrogens with one attached hydrogen (secondary N) is 1. The SMILES string of the molecule is CC(C)(C)OC(=O)/C=C/c1ccc(OC(=O)C2CCNCC2)cc1. The Bertz CT molecular complexity index is 593. The molecule has 0 radical (unpaired) electrons. The van der Waals surface area contributed by atoms with Crippen LogP contribution in [0.2, 0.25) is 0 Å². The maximum absolute atomic E-state index is 12.1. The molecule has 1 aromatic rings. The first-order chi connectivity index (χ1) is 11.3. The molecule has 5 heteroatoms. The predicted octanol–water partition coefficient (Wildman–Crippen LogP) is 2.95. The minimum Gasteiger partial charge on any atom is -0.457 e. The van der Waals surface area contributed by atoms with Crippen LogP contribution in [0, 0.1) is 5.92 Å². The van der Waals surface area contributed by atoms with E-state index in [4.69, 9.17) is 9.47 Å². The zero-order chi connectivity index (χ0) is 17.6. The lowest BCUT2D eigenvalue weighted by molar-refractivity contribution is -0.148. The number of esters is 2. The molecule has 1 aliphatic heterocycles. The van der Waals surface area contributed by atoms with Crippen molar-refractivity contribution in [2.45, 2.75) is 39.2 Å². The molecule has 1 heterocycles. The Morgan fingerprint density at radius 1 is 1.12 bits per heavy atom. The molecule has 0 bridgehead atoms. The molecule has 1 aliphatic rings. The van der Waals surface area contributed by atoms with Crippen molar-refractivity contribution in [2.75, 3.05) is 13.1 Å². The van der Waals surface area contributed by atoms with Crippen LogP contribution in [0.4, 0.5) is 0 Å². The van der Waals surface area contributed by atoms with Gasteiger partial charge in [0.2, 0.25) is 0 Å². The van der Waals surface area contributed by atoms with E-state index in [9.17, 15) is 9.59 Å². The molecule has 0 aliphatic carbocycles. The highest BCUT2D eigenvalue weighted by Crippen LogP contribution is 2.18. The minimum atomic E-state index is -0.506. The van der Waals surface area contributed by atoms with E-state index in [1.165, 1.54) is 6.08 Å². The summed E-state index contributed by atoms with van der Waals surface area (Å²) < 4.78 is 10.6. The summed E-state index contributed by atoms with van der Waals surface area (Å²) in [5, 5.41) is 3.22. The average molecular weight is 331 g/mol. The molecule has 1 fully saturated rings. The summed E-state index contributed by atoms with van der Waals surface area (Å²) in [5.41, 5.74) is 0.330. The minimum absolute atomic E-state index is 0.0296. The maximum atomic E-state index is 12.1. The standard InChI is InChI=1S/C19H25NO4/c1-19(2,3)24-17(21)9-6-14-4-7-16(8-5-14)23-18(22)15-10-12-20-13-11-15/h4-9,15,20H,10-13H2,1-3H3/b9-6+. The number of rotatable bonds is 4. The molecule has 0 atom stereocenters. The van der Waals surface area contributed by atoms with Gasteiger partial charge in [0.25, 0.3) is 0 Å². The first-order valence-electron chi connectivity index (χ1n) is 8.27. The van der Waals surface area contributed by atoms with Crippen LogP contribution in [-0.2, 0) is 14.3 Å². The molecule has 130 valence electrons. The fourth-order valence-electron chi connectivity index (χ4n) is 2.40. The normalized spacial score (nSPS) is 16.1. The van der Waals surface area contributed by atoms with E-state index in [1.807, 2.05) is 20.8 Å². The Hall–Kier alpha value is -2.14. The molecule has 2 rings (SSSR count). The number of carbonyl (C=O) groups excluding carboxylic acids is 2. The molecule has 0 unspecified atom stereocenters. The molecule has 0 aromatic heterocycles. The lowest BCUT2D eigenvalue weighted by Gasteiger charge is -2.20. The van der Waals surface area contributed by atoms with E-state index in [-0.39, 0.29) is 17.9 Å². The van der Waals surface area contributed by atoms with Gasteiger partial charge in [0.05, 0.1) is 5.92 Å². The number of benzene rings is 1. The molecule has 0 amide bonds. The summed E-state index contributed by atoms with van der Waals surface area (Å²) in [6, 6.07) is 7.05. The van der Waals surface area contributed by atoms with Crippen molar-refractivity contribution in [3.63, 3.8) is 0 Å². The van der Waals surface area contributed by atoms with Gasteiger partial charge in [-0.1, -0.05) is 12.1 Å². The molecular formula is C19H25NO4. The van der Waals surface area contributed by atoms with Crippen molar-refractivity contribution in [3.8, 4) is 5.75 Å². The lowest BCUT2D eigenvalue weighted by Crippen LogP contribution is -2.33. The van der Waals surface area contributed by atoms with Gasteiger partial charge in [-0.3, -0.25) is 4.79 Å². The van der Waals surface area contributed by atoms with Crippen LogP contribution < -0.4 is 10.1 Å². The Labute approximate surface area is 143 Å². The van der Waals surface area contributed by atoms with Gasteiger partial charge in [-0.15, -0.1) is 0 Å². The van der Waals surface area contributed by atoms with Crippen molar-refractivity contribution in [1.29, 1.82) is 0 Å². The van der Waals surface area contributed by atoms with Gasteiger partial charge < -0.3 is 14.8 Å². The second-order valence-corrected chi connectivity index (χ2v) is 6.88. The van der Waals surface area contributed by atoms with Crippen molar-refractivity contribution >= 4 is 18.0 Å². The summed E-state index contributed by atoms with van der Waals surface area (Å²) in [7, 11) is 0. The number of piperidine rings is 1. The number of ether oxygens (including phenoxy) is 2. The molecule has 24 heavy (non-hydrogen) atoms. The smallest absolute Gasteiger partial charge is 0.331 e. The zero-order valence-corrected chi connectivity index (χ0v) is 14.5. The third kappa shape index (κ3) is 6.16. The Balaban J connectivity index is 1.88. The quantitative estimate of drug-likeness (QED) is 0.522. The Morgan fingerprint density at radius 3 is 2.33 bits per heavy atom. The van der Waals surface area contributed by atoms with Crippen LogP contribution in [0.1, 0.15) is 39.2 Å². The average Bonchev–Trinajstić information content (AvgIpc) is 2.53. The van der Waals surface area contributed by atoms with E-state index in [0.717, 1.165) is 31.5 Å². The number of hydrogen-bond acceptors (Lipinski definition) is 5. The van der Waals surface area contributed by atoms with Crippen LogP contribution in [0.15, 0.2) is 30.3 Å². The first-order valence-corrected chi connectivity index (χ1v) is 8.27. The summed E-state index contributed by atoms with van der Waals surface area (Å²) in [6.07, 6.45) is 4.69. The second-order valence-electron chi connectivity index (χ2n) is 6.88. The third-order valence-corrected chi connectivity index (χ3v) is 3.59.